The van der Waals surface area contributed by atoms with Crippen LogP contribution in [0.3, 0.4) is 0 Å². The zero-order valence-corrected chi connectivity index (χ0v) is 18.7. The number of aryl methyl sites for hydroxylation is 1. The van der Waals surface area contributed by atoms with E-state index >= 15 is 0 Å². The van der Waals surface area contributed by atoms with Crippen molar-refractivity contribution in [2.75, 3.05) is 17.7 Å². The van der Waals surface area contributed by atoms with Crippen molar-refractivity contribution in [3.63, 3.8) is 0 Å². The third-order valence-corrected chi connectivity index (χ3v) is 5.72. The van der Waals surface area contributed by atoms with Crippen molar-refractivity contribution in [2.45, 2.75) is 19.8 Å². The number of amides is 3. The van der Waals surface area contributed by atoms with E-state index in [-0.39, 0.29) is 17.7 Å². The summed E-state index contributed by atoms with van der Waals surface area (Å²) in [5.74, 6) is 0.0972. The Kier molecular flexibility index (Phi) is 5.29. The highest BCUT2D eigenvalue weighted by Gasteiger charge is 2.22. The molecule has 5 rings (SSSR count). The Bertz CT molecular complexity index is 1470. The van der Waals surface area contributed by atoms with Gasteiger partial charge >= 0.3 is 0 Å². The van der Waals surface area contributed by atoms with Gasteiger partial charge in [-0.05, 0) is 60.5 Å². The van der Waals surface area contributed by atoms with Gasteiger partial charge in [0.1, 0.15) is 5.69 Å². The lowest BCUT2D eigenvalue weighted by molar-refractivity contribution is -0.116. The number of fused-ring (bicyclic) bond motifs is 2. The van der Waals surface area contributed by atoms with Crippen molar-refractivity contribution in [2.24, 2.45) is 0 Å². The molecule has 3 N–H and O–H groups in total. The molecule has 2 aromatic carbocycles. The van der Waals surface area contributed by atoms with E-state index in [0.29, 0.717) is 41.1 Å². The minimum atomic E-state index is -0.219. The first-order chi connectivity index (χ1) is 16.4. The standard InChI is InChI=1S/C25H22N6O3/c1-14(32)28-19-4-3-11-27-23(19)24-30-20-13-16(25(34)26-2)5-9-21(20)31(24)17-7-8-18-15(12-17)6-10-22(33)29-18/h3-5,7-9,11-13H,6,10H2,1-2H3,(H,26,34)(H,28,32)(H,29,33). The highest BCUT2D eigenvalue weighted by atomic mass is 16.2. The van der Waals surface area contributed by atoms with E-state index in [9.17, 15) is 14.4 Å². The number of nitrogens with one attached hydrogen (secondary N) is 3. The van der Waals surface area contributed by atoms with E-state index in [1.54, 1.807) is 37.5 Å². The highest BCUT2D eigenvalue weighted by molar-refractivity contribution is 5.99. The smallest absolute Gasteiger partial charge is 0.251 e. The molecule has 0 unspecified atom stereocenters. The molecule has 0 saturated carbocycles. The lowest BCUT2D eigenvalue weighted by Gasteiger charge is -2.19. The Balaban J connectivity index is 1.76. The first kappa shape index (κ1) is 21.3. The molecule has 34 heavy (non-hydrogen) atoms. The molecule has 4 aromatic rings. The van der Waals surface area contributed by atoms with E-state index in [1.807, 2.05) is 28.8 Å². The molecule has 9 heteroatoms. The topological polar surface area (TPSA) is 118 Å². The van der Waals surface area contributed by atoms with Gasteiger partial charge in [0.25, 0.3) is 5.91 Å². The van der Waals surface area contributed by atoms with Crippen molar-refractivity contribution in [3.8, 4) is 17.2 Å². The van der Waals surface area contributed by atoms with E-state index in [1.165, 1.54) is 6.92 Å². The van der Waals surface area contributed by atoms with E-state index in [2.05, 4.69) is 20.9 Å². The van der Waals surface area contributed by atoms with Gasteiger partial charge in [0.05, 0.1) is 16.7 Å². The van der Waals surface area contributed by atoms with Crippen LogP contribution in [0.25, 0.3) is 28.2 Å². The molecule has 0 atom stereocenters. The van der Waals surface area contributed by atoms with Gasteiger partial charge in [0, 0.05) is 43.5 Å². The highest BCUT2D eigenvalue weighted by Crippen LogP contribution is 2.34. The van der Waals surface area contributed by atoms with Crippen LogP contribution < -0.4 is 16.0 Å². The Morgan fingerprint density at radius 1 is 1.09 bits per heavy atom. The molecule has 0 aliphatic carbocycles. The third-order valence-electron chi connectivity index (χ3n) is 5.72. The van der Waals surface area contributed by atoms with Gasteiger partial charge in [-0.15, -0.1) is 0 Å². The van der Waals surface area contributed by atoms with Crippen molar-refractivity contribution < 1.29 is 14.4 Å². The lowest BCUT2D eigenvalue weighted by atomic mass is 10.0. The molecule has 0 saturated heterocycles. The number of aromatic nitrogens is 3. The van der Waals surface area contributed by atoms with Crippen molar-refractivity contribution in [3.05, 3.63) is 65.9 Å². The minimum absolute atomic E-state index is 0.00387. The van der Waals surface area contributed by atoms with Crippen LogP contribution in [0.5, 0.6) is 0 Å². The average Bonchev–Trinajstić information content (AvgIpc) is 3.21. The van der Waals surface area contributed by atoms with Crippen LogP contribution >= 0.6 is 0 Å². The number of nitrogens with zero attached hydrogens (tertiary/aromatic N) is 3. The lowest BCUT2D eigenvalue weighted by Crippen LogP contribution is -2.19. The monoisotopic (exact) mass is 454 g/mol. The summed E-state index contributed by atoms with van der Waals surface area (Å²) in [4.78, 5) is 45.2. The van der Waals surface area contributed by atoms with Gasteiger partial charge in [0.2, 0.25) is 11.8 Å². The Morgan fingerprint density at radius 2 is 1.94 bits per heavy atom. The Morgan fingerprint density at radius 3 is 2.74 bits per heavy atom. The molecule has 3 amide bonds. The van der Waals surface area contributed by atoms with Gasteiger partial charge < -0.3 is 16.0 Å². The number of benzene rings is 2. The zero-order valence-electron chi connectivity index (χ0n) is 18.7. The van der Waals surface area contributed by atoms with Crippen molar-refractivity contribution >= 4 is 40.1 Å². The number of hydrogen-bond donors (Lipinski definition) is 3. The number of carbonyl (C=O) groups is 3. The molecule has 0 radical (unpaired) electrons. The maximum atomic E-state index is 12.2. The molecule has 170 valence electrons. The van der Waals surface area contributed by atoms with Gasteiger partial charge in [0.15, 0.2) is 5.82 Å². The summed E-state index contributed by atoms with van der Waals surface area (Å²) in [5, 5.41) is 8.36. The van der Waals surface area contributed by atoms with Crippen LogP contribution in [-0.4, -0.2) is 39.3 Å². The molecular weight excluding hydrogens is 432 g/mol. The number of anilines is 2. The number of pyridine rings is 1. The number of hydrogen-bond acceptors (Lipinski definition) is 5. The molecule has 1 aliphatic rings. The first-order valence-electron chi connectivity index (χ1n) is 10.9. The van der Waals surface area contributed by atoms with Gasteiger partial charge in [-0.25, -0.2) is 4.98 Å². The normalized spacial score (nSPS) is 12.7. The SMILES string of the molecule is CNC(=O)c1ccc2c(c1)nc(-c1ncccc1NC(C)=O)n2-c1ccc2c(c1)CCC(=O)N2. The number of carbonyl (C=O) groups excluding carboxylic acids is 3. The van der Waals surface area contributed by atoms with Crippen LogP contribution in [0.2, 0.25) is 0 Å². The molecule has 0 spiro atoms. The van der Waals surface area contributed by atoms with Gasteiger partial charge in [-0.1, -0.05) is 0 Å². The van der Waals surface area contributed by atoms with Crippen LogP contribution in [-0.2, 0) is 16.0 Å². The second-order valence-electron chi connectivity index (χ2n) is 8.02. The van der Waals surface area contributed by atoms with Crippen LogP contribution in [0.15, 0.2) is 54.7 Å². The van der Waals surface area contributed by atoms with Crippen molar-refractivity contribution in [1.29, 1.82) is 0 Å². The number of rotatable bonds is 4. The predicted molar refractivity (Wildman–Crippen MR) is 129 cm³/mol. The minimum Gasteiger partial charge on any atom is -0.355 e. The fourth-order valence-corrected chi connectivity index (χ4v) is 4.17. The summed E-state index contributed by atoms with van der Waals surface area (Å²) in [6.07, 6.45) is 2.71. The molecule has 0 bridgehead atoms. The quantitative estimate of drug-likeness (QED) is 0.437. The summed E-state index contributed by atoms with van der Waals surface area (Å²) < 4.78 is 1.95. The molecule has 2 aromatic heterocycles. The predicted octanol–water partition coefficient (Wildman–Crippen LogP) is 3.29. The van der Waals surface area contributed by atoms with E-state index in [4.69, 9.17) is 4.98 Å². The van der Waals surface area contributed by atoms with Gasteiger partial charge in [-0.3, -0.25) is 23.9 Å². The Hall–Kier alpha value is -4.53. The second-order valence-corrected chi connectivity index (χ2v) is 8.02. The average molecular weight is 454 g/mol. The van der Waals surface area contributed by atoms with E-state index in [0.717, 1.165) is 22.5 Å². The summed E-state index contributed by atoms with van der Waals surface area (Å²) in [6, 6.07) is 14.6. The molecule has 3 heterocycles. The summed E-state index contributed by atoms with van der Waals surface area (Å²) in [5.41, 5.74) is 5.56. The fraction of sp³-hybridized carbons (Fsp3) is 0.160. The first-order valence-corrected chi connectivity index (χ1v) is 10.9. The third kappa shape index (κ3) is 3.77. The summed E-state index contributed by atoms with van der Waals surface area (Å²) >= 11 is 0. The summed E-state index contributed by atoms with van der Waals surface area (Å²) in [6.45, 7) is 1.44. The Labute approximate surface area is 195 Å². The number of imidazole rings is 1. The second kappa shape index (κ2) is 8.43. The molecule has 1 aliphatic heterocycles. The molecule has 0 fully saturated rings. The fourth-order valence-electron chi connectivity index (χ4n) is 4.17. The summed E-state index contributed by atoms with van der Waals surface area (Å²) in [7, 11) is 1.58. The van der Waals surface area contributed by atoms with Crippen LogP contribution in [0, 0.1) is 0 Å². The maximum Gasteiger partial charge on any atom is 0.251 e. The van der Waals surface area contributed by atoms with Crippen molar-refractivity contribution in [1.82, 2.24) is 19.9 Å². The van der Waals surface area contributed by atoms with Crippen LogP contribution in [0.4, 0.5) is 11.4 Å². The van der Waals surface area contributed by atoms with Crippen LogP contribution in [0.1, 0.15) is 29.3 Å². The molecule has 9 nitrogen and oxygen atoms in total. The van der Waals surface area contributed by atoms with Gasteiger partial charge in [-0.2, -0.15) is 0 Å². The largest absolute Gasteiger partial charge is 0.355 e. The molecular formula is C25H22N6O3. The zero-order chi connectivity index (χ0) is 23.8. The maximum absolute atomic E-state index is 12.2. The van der Waals surface area contributed by atoms with E-state index < -0.39 is 0 Å².